The van der Waals surface area contributed by atoms with Crippen LogP contribution >= 0.6 is 0 Å². The molecule has 0 aliphatic rings. The highest BCUT2D eigenvalue weighted by Crippen LogP contribution is 2.24. The summed E-state index contributed by atoms with van der Waals surface area (Å²) in [6, 6.07) is 3.47. The van der Waals surface area contributed by atoms with E-state index in [0.29, 0.717) is 0 Å². The van der Waals surface area contributed by atoms with Gasteiger partial charge in [0.2, 0.25) is 5.91 Å². The van der Waals surface area contributed by atoms with Crippen LogP contribution in [0, 0.1) is 0 Å². The zero-order valence-corrected chi connectivity index (χ0v) is 11.1. The number of carbonyl (C=O) groups is 1. The van der Waals surface area contributed by atoms with E-state index in [1.165, 1.54) is 0 Å². The van der Waals surface area contributed by atoms with Crippen LogP contribution in [0.5, 0.6) is 0 Å². The average molecular weight is 253 g/mol. The third-order valence-electron chi connectivity index (χ3n) is 2.88. The summed E-state index contributed by atoms with van der Waals surface area (Å²) in [4.78, 5) is 13.2. The minimum atomic E-state index is -0.344. The van der Waals surface area contributed by atoms with Crippen LogP contribution in [0.1, 0.15) is 38.5 Å². The Morgan fingerprint density at radius 3 is 2.72 bits per heavy atom. The van der Waals surface area contributed by atoms with Gasteiger partial charge in [0.1, 0.15) is 5.76 Å². The number of furan rings is 1. The zero-order valence-electron chi connectivity index (χ0n) is 11.1. The van der Waals surface area contributed by atoms with E-state index in [-0.39, 0.29) is 24.5 Å². The molecule has 4 N–H and O–H groups in total. The lowest BCUT2D eigenvalue weighted by Gasteiger charge is -2.31. The number of hydrogen-bond donors (Lipinski definition) is 2. The van der Waals surface area contributed by atoms with Crippen LogP contribution in [-0.4, -0.2) is 29.9 Å². The standard InChI is InChI=1S/C13H23N3O2/c1-3-4-7-16(9-12(15)17)13(10(2)14)11-6-5-8-18-11/h5-6,8,10,13H,3-4,7,9,14H2,1-2H3,(H2,15,17). The van der Waals surface area contributed by atoms with E-state index in [9.17, 15) is 4.79 Å². The van der Waals surface area contributed by atoms with Gasteiger partial charge in [-0.25, -0.2) is 0 Å². The number of carbonyl (C=O) groups excluding carboxylic acids is 1. The highest BCUT2D eigenvalue weighted by Gasteiger charge is 2.27. The summed E-state index contributed by atoms with van der Waals surface area (Å²) in [5.74, 6) is 0.436. The minimum absolute atomic E-state index is 0.112. The molecule has 1 aromatic heterocycles. The van der Waals surface area contributed by atoms with Crippen molar-refractivity contribution in [1.82, 2.24) is 4.90 Å². The maximum absolute atomic E-state index is 11.2. The summed E-state index contributed by atoms with van der Waals surface area (Å²) < 4.78 is 5.43. The van der Waals surface area contributed by atoms with Gasteiger partial charge >= 0.3 is 0 Å². The molecule has 1 heterocycles. The molecule has 1 aromatic rings. The summed E-state index contributed by atoms with van der Waals surface area (Å²) >= 11 is 0. The fourth-order valence-electron chi connectivity index (χ4n) is 2.11. The quantitative estimate of drug-likeness (QED) is 0.730. The molecule has 0 saturated carbocycles. The maximum Gasteiger partial charge on any atom is 0.231 e. The van der Waals surface area contributed by atoms with Gasteiger partial charge < -0.3 is 15.9 Å². The molecule has 2 unspecified atom stereocenters. The monoisotopic (exact) mass is 253 g/mol. The smallest absolute Gasteiger partial charge is 0.231 e. The van der Waals surface area contributed by atoms with Crippen LogP contribution in [0.4, 0.5) is 0 Å². The molecule has 5 nitrogen and oxygen atoms in total. The highest BCUT2D eigenvalue weighted by atomic mass is 16.3. The first-order chi connectivity index (χ1) is 8.56. The molecule has 0 aliphatic heterocycles. The van der Waals surface area contributed by atoms with Crippen LogP contribution < -0.4 is 11.5 Å². The molecular weight excluding hydrogens is 230 g/mol. The predicted molar refractivity (Wildman–Crippen MR) is 70.8 cm³/mol. The normalized spacial score (nSPS) is 14.7. The Hall–Kier alpha value is -1.33. The fraction of sp³-hybridized carbons (Fsp3) is 0.615. The van der Waals surface area contributed by atoms with E-state index < -0.39 is 0 Å². The Labute approximate surface area is 108 Å². The van der Waals surface area contributed by atoms with E-state index in [1.54, 1.807) is 6.26 Å². The van der Waals surface area contributed by atoms with Crippen molar-refractivity contribution in [2.24, 2.45) is 11.5 Å². The highest BCUT2D eigenvalue weighted by molar-refractivity contribution is 5.76. The van der Waals surface area contributed by atoms with Crippen LogP contribution in [0.3, 0.4) is 0 Å². The summed E-state index contributed by atoms with van der Waals surface area (Å²) in [5.41, 5.74) is 11.3. The van der Waals surface area contributed by atoms with Crippen molar-refractivity contribution in [2.75, 3.05) is 13.1 Å². The molecule has 5 heteroatoms. The van der Waals surface area contributed by atoms with Crippen molar-refractivity contribution >= 4 is 5.91 Å². The number of nitrogens with two attached hydrogens (primary N) is 2. The molecule has 2 atom stereocenters. The van der Waals surface area contributed by atoms with E-state index >= 15 is 0 Å². The Kier molecular flexibility index (Phi) is 5.88. The molecule has 0 radical (unpaired) electrons. The molecular formula is C13H23N3O2. The molecule has 102 valence electrons. The van der Waals surface area contributed by atoms with E-state index in [4.69, 9.17) is 15.9 Å². The Morgan fingerprint density at radius 1 is 1.56 bits per heavy atom. The Morgan fingerprint density at radius 2 is 2.28 bits per heavy atom. The largest absolute Gasteiger partial charge is 0.468 e. The third kappa shape index (κ3) is 4.16. The van der Waals surface area contributed by atoms with Gasteiger partial charge in [0.15, 0.2) is 0 Å². The van der Waals surface area contributed by atoms with Crippen LogP contribution in [0.2, 0.25) is 0 Å². The summed E-state index contributed by atoms with van der Waals surface area (Å²) in [6.07, 6.45) is 3.67. The molecule has 0 fully saturated rings. The zero-order chi connectivity index (χ0) is 13.5. The number of unbranched alkanes of at least 4 members (excludes halogenated alkanes) is 1. The first kappa shape index (κ1) is 14.7. The van der Waals surface area contributed by atoms with Gasteiger partial charge in [0, 0.05) is 6.04 Å². The van der Waals surface area contributed by atoms with Crippen LogP contribution in [0.15, 0.2) is 22.8 Å². The van der Waals surface area contributed by atoms with E-state index in [0.717, 1.165) is 25.1 Å². The lowest BCUT2D eigenvalue weighted by atomic mass is 10.1. The number of hydrogen-bond acceptors (Lipinski definition) is 4. The number of nitrogens with zero attached hydrogens (tertiary/aromatic N) is 1. The van der Waals surface area contributed by atoms with Gasteiger partial charge in [0.25, 0.3) is 0 Å². The van der Waals surface area contributed by atoms with Gasteiger partial charge in [-0.1, -0.05) is 13.3 Å². The third-order valence-corrected chi connectivity index (χ3v) is 2.88. The molecule has 0 aromatic carbocycles. The molecule has 1 amide bonds. The van der Waals surface area contributed by atoms with Gasteiger partial charge in [-0.15, -0.1) is 0 Å². The van der Waals surface area contributed by atoms with Crippen molar-refractivity contribution < 1.29 is 9.21 Å². The first-order valence-electron chi connectivity index (χ1n) is 6.37. The summed E-state index contributed by atoms with van der Waals surface area (Å²) in [7, 11) is 0. The average Bonchev–Trinajstić information content (AvgIpc) is 2.78. The Balaban J connectivity index is 2.86. The summed E-state index contributed by atoms with van der Waals surface area (Å²) in [5, 5.41) is 0. The van der Waals surface area contributed by atoms with Crippen molar-refractivity contribution in [3.63, 3.8) is 0 Å². The lowest BCUT2D eigenvalue weighted by molar-refractivity contribution is -0.119. The molecule has 18 heavy (non-hydrogen) atoms. The Bertz CT molecular complexity index is 349. The predicted octanol–water partition coefficient (Wildman–Crippen LogP) is 1.26. The van der Waals surface area contributed by atoms with Gasteiger partial charge in [-0.05, 0) is 32.0 Å². The van der Waals surface area contributed by atoms with E-state index in [2.05, 4.69) is 6.92 Å². The van der Waals surface area contributed by atoms with Crippen molar-refractivity contribution in [2.45, 2.75) is 38.8 Å². The topological polar surface area (TPSA) is 85.5 Å². The number of rotatable bonds is 8. The fourth-order valence-corrected chi connectivity index (χ4v) is 2.11. The number of primary amides is 1. The van der Waals surface area contributed by atoms with Gasteiger partial charge in [0.05, 0.1) is 18.8 Å². The molecule has 0 bridgehead atoms. The van der Waals surface area contributed by atoms with Crippen molar-refractivity contribution in [3.05, 3.63) is 24.2 Å². The van der Waals surface area contributed by atoms with E-state index in [1.807, 2.05) is 24.0 Å². The van der Waals surface area contributed by atoms with Crippen LogP contribution in [-0.2, 0) is 4.79 Å². The summed E-state index contributed by atoms with van der Waals surface area (Å²) in [6.45, 7) is 5.00. The second-order valence-electron chi connectivity index (χ2n) is 4.61. The molecule has 0 aliphatic carbocycles. The maximum atomic E-state index is 11.2. The first-order valence-corrected chi connectivity index (χ1v) is 6.37. The second-order valence-corrected chi connectivity index (χ2v) is 4.61. The second kappa shape index (κ2) is 7.18. The van der Waals surface area contributed by atoms with Gasteiger partial charge in [-0.3, -0.25) is 9.69 Å². The van der Waals surface area contributed by atoms with Crippen molar-refractivity contribution in [1.29, 1.82) is 0 Å². The molecule has 0 spiro atoms. The molecule has 0 saturated heterocycles. The SMILES string of the molecule is CCCCN(CC(N)=O)C(c1ccco1)C(C)N. The van der Waals surface area contributed by atoms with Crippen molar-refractivity contribution in [3.8, 4) is 0 Å². The molecule has 1 rings (SSSR count). The van der Waals surface area contributed by atoms with Crippen LogP contribution in [0.25, 0.3) is 0 Å². The lowest BCUT2D eigenvalue weighted by Crippen LogP contribution is -2.43. The minimum Gasteiger partial charge on any atom is -0.468 e. The van der Waals surface area contributed by atoms with Gasteiger partial charge in [-0.2, -0.15) is 0 Å². The number of amides is 1.